The maximum atomic E-state index is 12.5. The molecule has 1 aromatic heterocycles. The van der Waals surface area contributed by atoms with Gasteiger partial charge >= 0.3 is 6.03 Å². The van der Waals surface area contributed by atoms with Crippen LogP contribution in [0, 0.1) is 11.3 Å². The topological polar surface area (TPSA) is 64.3 Å². The number of hydrogen-bond acceptors (Lipinski definition) is 3. The zero-order valence-corrected chi connectivity index (χ0v) is 13.2. The third-order valence-corrected chi connectivity index (χ3v) is 5.70. The van der Waals surface area contributed by atoms with Crippen LogP contribution in [0.1, 0.15) is 37.5 Å². The highest BCUT2D eigenvalue weighted by Gasteiger charge is 2.53. The number of H-pyrrole nitrogens is 1. The fourth-order valence-electron chi connectivity index (χ4n) is 3.76. The number of piperazine rings is 1. The van der Waals surface area contributed by atoms with E-state index >= 15 is 0 Å². The number of nitrogens with one attached hydrogen (secondary N) is 2. The molecule has 2 aliphatic carbocycles. The van der Waals surface area contributed by atoms with Gasteiger partial charge < -0.3 is 15.2 Å². The number of nitrogens with zero attached hydrogens (tertiary/aromatic N) is 3. The van der Waals surface area contributed by atoms with E-state index in [4.69, 9.17) is 0 Å². The van der Waals surface area contributed by atoms with Crippen LogP contribution in [0.2, 0.25) is 0 Å². The number of carbonyl (C=O) groups is 1. The van der Waals surface area contributed by atoms with Crippen LogP contribution in [-0.4, -0.2) is 59.0 Å². The van der Waals surface area contributed by atoms with E-state index in [9.17, 15) is 4.79 Å². The summed E-state index contributed by atoms with van der Waals surface area (Å²) in [5, 5.41) is 3.20. The highest BCUT2D eigenvalue weighted by atomic mass is 16.2. The number of rotatable bonds is 4. The van der Waals surface area contributed by atoms with E-state index in [0.717, 1.165) is 31.4 Å². The van der Waals surface area contributed by atoms with E-state index in [0.29, 0.717) is 12.0 Å². The lowest BCUT2D eigenvalue weighted by Gasteiger charge is -2.38. The highest BCUT2D eigenvalue weighted by Crippen LogP contribution is 2.60. The molecule has 120 valence electrons. The average Bonchev–Trinajstić information content (AvgIpc) is 3.44. The fourth-order valence-corrected chi connectivity index (χ4v) is 3.76. The second-order valence-electron chi connectivity index (χ2n) is 7.21. The molecule has 1 aliphatic heterocycles. The van der Waals surface area contributed by atoms with Crippen molar-refractivity contribution in [2.24, 2.45) is 11.3 Å². The van der Waals surface area contributed by atoms with Crippen molar-refractivity contribution in [2.45, 2.75) is 31.7 Å². The molecule has 0 aromatic carbocycles. The van der Waals surface area contributed by atoms with Crippen LogP contribution in [0.25, 0.3) is 0 Å². The molecule has 2 amide bonds. The number of likely N-dealkylation sites (N-methyl/N-ethyl adjacent to an activating group) is 1. The lowest BCUT2D eigenvalue weighted by Crippen LogP contribution is -2.53. The molecular weight excluding hydrogens is 278 g/mol. The number of amides is 2. The first-order chi connectivity index (χ1) is 10.7. The van der Waals surface area contributed by atoms with Crippen LogP contribution in [0.5, 0.6) is 0 Å². The smallest absolute Gasteiger partial charge is 0.317 e. The normalized spacial score (nSPS) is 27.7. The van der Waals surface area contributed by atoms with Crippen molar-refractivity contribution in [3.05, 3.63) is 18.2 Å². The maximum Gasteiger partial charge on any atom is 0.317 e. The molecule has 0 bridgehead atoms. The van der Waals surface area contributed by atoms with Crippen molar-refractivity contribution in [3.8, 4) is 0 Å². The van der Waals surface area contributed by atoms with E-state index in [-0.39, 0.29) is 12.1 Å². The summed E-state index contributed by atoms with van der Waals surface area (Å²) in [4.78, 5) is 24.2. The van der Waals surface area contributed by atoms with Crippen LogP contribution in [0.15, 0.2) is 12.4 Å². The van der Waals surface area contributed by atoms with Crippen LogP contribution in [-0.2, 0) is 0 Å². The van der Waals surface area contributed by atoms with Gasteiger partial charge in [0.2, 0.25) is 0 Å². The van der Waals surface area contributed by atoms with E-state index in [2.05, 4.69) is 27.2 Å². The summed E-state index contributed by atoms with van der Waals surface area (Å²) < 4.78 is 0. The number of hydrogen-bond donors (Lipinski definition) is 2. The zero-order chi connectivity index (χ0) is 15.2. The number of aromatic nitrogens is 2. The molecular formula is C16H25N5O. The molecule has 6 nitrogen and oxygen atoms in total. The van der Waals surface area contributed by atoms with Crippen molar-refractivity contribution in [1.29, 1.82) is 0 Å². The van der Waals surface area contributed by atoms with E-state index < -0.39 is 0 Å². The standard InChI is InChI=1S/C16H25N5O/c1-20-8-9-21(10-13(20)14-17-6-7-18-14)15(22)19-11-16(4-5-16)12-2-3-12/h6-7,12-13H,2-5,8-11H2,1H3,(H,17,18)(H,19,22)/t13-/m1/s1. The number of urea groups is 1. The first-order valence-electron chi connectivity index (χ1n) is 8.40. The molecule has 0 spiro atoms. The monoisotopic (exact) mass is 303 g/mol. The van der Waals surface area contributed by atoms with Crippen molar-refractivity contribution in [3.63, 3.8) is 0 Å². The van der Waals surface area contributed by atoms with E-state index in [1.807, 2.05) is 11.1 Å². The summed E-state index contributed by atoms with van der Waals surface area (Å²) in [5.74, 6) is 1.83. The number of aromatic amines is 1. The quantitative estimate of drug-likeness (QED) is 0.888. The predicted octanol–water partition coefficient (Wildman–Crippen LogP) is 1.60. The van der Waals surface area contributed by atoms with Gasteiger partial charge in [0.25, 0.3) is 0 Å². The van der Waals surface area contributed by atoms with Gasteiger partial charge in [-0.25, -0.2) is 9.78 Å². The third kappa shape index (κ3) is 2.60. The minimum absolute atomic E-state index is 0.0941. The summed E-state index contributed by atoms with van der Waals surface area (Å²) in [5.41, 5.74) is 0.461. The van der Waals surface area contributed by atoms with Gasteiger partial charge in [0.05, 0.1) is 6.04 Å². The molecule has 1 atom stereocenters. The van der Waals surface area contributed by atoms with Gasteiger partial charge in [-0.2, -0.15) is 0 Å². The lowest BCUT2D eigenvalue weighted by atomic mass is 10.0. The molecule has 2 N–H and O–H groups in total. The molecule has 0 unspecified atom stereocenters. The Hall–Kier alpha value is -1.56. The first kappa shape index (κ1) is 14.1. The van der Waals surface area contributed by atoms with E-state index in [1.165, 1.54) is 25.7 Å². The lowest BCUT2D eigenvalue weighted by molar-refractivity contribution is 0.105. The minimum atomic E-state index is 0.0941. The first-order valence-corrected chi connectivity index (χ1v) is 8.40. The van der Waals surface area contributed by atoms with Gasteiger partial charge in [0, 0.05) is 38.6 Å². The molecule has 6 heteroatoms. The summed E-state index contributed by atoms with van der Waals surface area (Å²) in [6.45, 7) is 3.24. The number of imidazole rings is 1. The predicted molar refractivity (Wildman–Crippen MR) is 83.3 cm³/mol. The van der Waals surface area contributed by atoms with Crippen LogP contribution in [0.4, 0.5) is 4.79 Å². The second kappa shape index (κ2) is 5.26. The summed E-state index contributed by atoms with van der Waals surface area (Å²) in [6, 6.07) is 0.254. The van der Waals surface area contributed by atoms with Crippen molar-refractivity contribution in [1.82, 2.24) is 25.1 Å². The largest absolute Gasteiger partial charge is 0.347 e. The Morgan fingerprint density at radius 1 is 1.45 bits per heavy atom. The Labute approximate surface area is 131 Å². The Morgan fingerprint density at radius 3 is 2.91 bits per heavy atom. The Balaban J connectivity index is 1.34. The summed E-state index contributed by atoms with van der Waals surface area (Å²) in [6.07, 6.45) is 8.95. The van der Waals surface area contributed by atoms with Crippen LogP contribution < -0.4 is 5.32 Å². The molecule has 2 saturated carbocycles. The zero-order valence-electron chi connectivity index (χ0n) is 13.2. The minimum Gasteiger partial charge on any atom is -0.347 e. The second-order valence-corrected chi connectivity index (χ2v) is 7.21. The average molecular weight is 303 g/mol. The fraction of sp³-hybridized carbons (Fsp3) is 0.750. The van der Waals surface area contributed by atoms with Gasteiger partial charge in [0.1, 0.15) is 5.82 Å². The molecule has 3 aliphatic rings. The Bertz CT molecular complexity index is 535. The Morgan fingerprint density at radius 2 is 2.27 bits per heavy atom. The molecule has 22 heavy (non-hydrogen) atoms. The molecule has 1 aromatic rings. The summed E-state index contributed by atoms with van der Waals surface area (Å²) in [7, 11) is 2.09. The van der Waals surface area contributed by atoms with Gasteiger partial charge in [-0.3, -0.25) is 4.90 Å². The Kier molecular flexibility index (Phi) is 3.36. The molecule has 1 saturated heterocycles. The van der Waals surface area contributed by atoms with Crippen molar-refractivity contribution in [2.75, 3.05) is 33.2 Å². The molecule has 3 fully saturated rings. The molecule has 0 radical (unpaired) electrons. The third-order valence-electron chi connectivity index (χ3n) is 5.70. The van der Waals surface area contributed by atoms with E-state index in [1.54, 1.807) is 6.20 Å². The van der Waals surface area contributed by atoms with Gasteiger partial charge in [-0.05, 0) is 44.1 Å². The van der Waals surface area contributed by atoms with Crippen molar-refractivity contribution >= 4 is 6.03 Å². The summed E-state index contributed by atoms with van der Waals surface area (Å²) >= 11 is 0. The van der Waals surface area contributed by atoms with Gasteiger partial charge in [0.15, 0.2) is 0 Å². The molecule has 4 rings (SSSR count). The van der Waals surface area contributed by atoms with Gasteiger partial charge in [-0.1, -0.05) is 0 Å². The van der Waals surface area contributed by atoms with Crippen molar-refractivity contribution < 1.29 is 4.79 Å². The SMILES string of the molecule is CN1CCN(C(=O)NCC2(C3CC3)CC2)C[C@@H]1c1ncc[nH]1. The van der Waals surface area contributed by atoms with Crippen LogP contribution >= 0.6 is 0 Å². The number of carbonyl (C=O) groups excluding carboxylic acids is 1. The van der Waals surface area contributed by atoms with Crippen LogP contribution in [0.3, 0.4) is 0 Å². The van der Waals surface area contributed by atoms with Gasteiger partial charge in [-0.15, -0.1) is 0 Å². The highest BCUT2D eigenvalue weighted by molar-refractivity contribution is 5.74. The maximum absolute atomic E-state index is 12.5. The molecule has 2 heterocycles.